The van der Waals surface area contributed by atoms with Gasteiger partial charge in [-0.2, -0.15) is 0 Å². The molecule has 0 unspecified atom stereocenters. The minimum Gasteiger partial charge on any atom is -0.344 e. The number of fused-ring (bicyclic) bond motifs is 1. The number of aromatic nitrogens is 1. The maximum absolute atomic E-state index is 11.7. The highest BCUT2D eigenvalue weighted by Gasteiger charge is 2.17. The minimum absolute atomic E-state index is 0.231. The molecule has 2 aromatic rings. The first-order valence-electron chi connectivity index (χ1n) is 6.13. The number of hydrogen-bond donors (Lipinski definition) is 0. The minimum atomic E-state index is 0.231. The maximum atomic E-state index is 11.7. The Morgan fingerprint density at radius 3 is 2.61 bits per heavy atom. The van der Waals surface area contributed by atoms with E-state index < -0.39 is 0 Å². The number of carbonyl (C=O) groups excluding carboxylic acids is 1. The molecule has 0 saturated carbocycles. The fraction of sp³-hybridized carbons (Fsp3) is 0.188. The lowest BCUT2D eigenvalue weighted by molar-refractivity contribution is 0.0955. The second kappa shape index (κ2) is 4.54. The molecule has 0 amide bonds. The summed E-state index contributed by atoms with van der Waals surface area (Å²) in [6.45, 7) is 0.925. The maximum Gasteiger partial charge on any atom is 0.179 e. The Kier molecular flexibility index (Phi) is 2.74. The van der Waals surface area contributed by atoms with E-state index in [0.717, 1.165) is 29.8 Å². The van der Waals surface area contributed by atoms with E-state index in [1.54, 1.807) is 0 Å². The quantitative estimate of drug-likeness (QED) is 0.643. The molecule has 1 aliphatic heterocycles. The van der Waals surface area contributed by atoms with Crippen LogP contribution in [0.3, 0.4) is 0 Å². The molecule has 0 fully saturated rings. The van der Waals surface area contributed by atoms with Gasteiger partial charge in [0.15, 0.2) is 5.78 Å². The van der Waals surface area contributed by atoms with Crippen molar-refractivity contribution in [1.29, 1.82) is 0 Å². The number of benzene rings is 1. The fourth-order valence-corrected chi connectivity index (χ4v) is 2.20. The van der Waals surface area contributed by atoms with E-state index in [0.29, 0.717) is 6.42 Å². The summed E-state index contributed by atoms with van der Waals surface area (Å²) in [5, 5.41) is 0. The molecule has 0 saturated heterocycles. The molecule has 2 heteroatoms. The van der Waals surface area contributed by atoms with Crippen molar-refractivity contribution in [1.82, 2.24) is 4.57 Å². The summed E-state index contributed by atoms with van der Waals surface area (Å²) in [7, 11) is 0. The Hall–Kier alpha value is -2.27. The van der Waals surface area contributed by atoms with E-state index in [-0.39, 0.29) is 5.78 Å². The van der Waals surface area contributed by atoms with Crippen LogP contribution in [0, 0.1) is 11.8 Å². The van der Waals surface area contributed by atoms with Crippen molar-refractivity contribution in [3.05, 3.63) is 59.4 Å². The molecule has 18 heavy (non-hydrogen) atoms. The van der Waals surface area contributed by atoms with Gasteiger partial charge >= 0.3 is 0 Å². The average Bonchev–Trinajstić information content (AvgIpc) is 2.82. The number of nitrogens with zero attached hydrogens (tertiary/aromatic N) is 1. The van der Waals surface area contributed by atoms with E-state index in [4.69, 9.17) is 0 Å². The topological polar surface area (TPSA) is 22.0 Å². The van der Waals surface area contributed by atoms with Gasteiger partial charge in [0.25, 0.3) is 0 Å². The molecule has 1 aromatic heterocycles. The van der Waals surface area contributed by atoms with Gasteiger partial charge < -0.3 is 4.57 Å². The zero-order valence-electron chi connectivity index (χ0n) is 10.0. The van der Waals surface area contributed by atoms with Gasteiger partial charge in [-0.15, -0.1) is 0 Å². The van der Waals surface area contributed by atoms with Crippen LogP contribution in [0.5, 0.6) is 0 Å². The normalized spacial score (nSPS) is 13.7. The van der Waals surface area contributed by atoms with Crippen LogP contribution in [-0.4, -0.2) is 10.4 Å². The smallest absolute Gasteiger partial charge is 0.179 e. The molecule has 0 radical (unpaired) electrons. The molecule has 88 valence electrons. The first-order valence-corrected chi connectivity index (χ1v) is 6.13. The summed E-state index contributed by atoms with van der Waals surface area (Å²) in [4.78, 5) is 11.7. The van der Waals surface area contributed by atoms with Crippen LogP contribution in [0.25, 0.3) is 0 Å². The van der Waals surface area contributed by atoms with Gasteiger partial charge in [0.2, 0.25) is 0 Å². The Bertz CT molecular complexity index is 641. The Balaban J connectivity index is 1.91. The van der Waals surface area contributed by atoms with Crippen molar-refractivity contribution in [2.75, 3.05) is 0 Å². The summed E-state index contributed by atoms with van der Waals surface area (Å²) < 4.78 is 2.01. The average molecular weight is 235 g/mol. The first kappa shape index (κ1) is 10.9. The van der Waals surface area contributed by atoms with Crippen LogP contribution in [0.1, 0.15) is 34.5 Å². The molecule has 0 atom stereocenters. The zero-order chi connectivity index (χ0) is 12.4. The monoisotopic (exact) mass is 235 g/mol. The van der Waals surface area contributed by atoms with Gasteiger partial charge in [-0.3, -0.25) is 4.79 Å². The third-order valence-electron chi connectivity index (χ3n) is 3.11. The molecule has 3 rings (SSSR count). The number of ketones is 1. The molecule has 0 N–H and O–H groups in total. The molecule has 0 aliphatic carbocycles. The summed E-state index contributed by atoms with van der Waals surface area (Å²) in [6.07, 6.45) is 3.57. The van der Waals surface area contributed by atoms with Crippen molar-refractivity contribution in [2.24, 2.45) is 0 Å². The molecular formula is C16H13NO. The third kappa shape index (κ3) is 2.08. The molecule has 1 aromatic carbocycles. The predicted molar refractivity (Wildman–Crippen MR) is 70.4 cm³/mol. The molecule has 0 bridgehead atoms. The highest BCUT2D eigenvalue weighted by atomic mass is 16.1. The lowest BCUT2D eigenvalue weighted by Gasteiger charge is -2.12. The van der Waals surface area contributed by atoms with Gasteiger partial charge in [0, 0.05) is 30.3 Å². The molecule has 2 heterocycles. The van der Waals surface area contributed by atoms with E-state index in [9.17, 15) is 4.79 Å². The largest absolute Gasteiger partial charge is 0.344 e. The Morgan fingerprint density at radius 1 is 1.06 bits per heavy atom. The molecular weight excluding hydrogens is 222 g/mol. The highest BCUT2D eigenvalue weighted by Crippen LogP contribution is 2.17. The Morgan fingerprint density at radius 2 is 1.83 bits per heavy atom. The van der Waals surface area contributed by atoms with Crippen molar-refractivity contribution in [2.45, 2.75) is 19.4 Å². The molecule has 2 nitrogen and oxygen atoms in total. The van der Waals surface area contributed by atoms with Crippen LogP contribution in [0.2, 0.25) is 0 Å². The number of aryl methyl sites for hydroxylation is 1. The highest BCUT2D eigenvalue weighted by molar-refractivity contribution is 5.95. The number of hydrogen-bond acceptors (Lipinski definition) is 1. The lowest BCUT2D eigenvalue weighted by Crippen LogP contribution is -2.14. The van der Waals surface area contributed by atoms with Crippen LogP contribution >= 0.6 is 0 Å². The van der Waals surface area contributed by atoms with Gasteiger partial charge in [0.05, 0.1) is 5.69 Å². The first-order chi connectivity index (χ1) is 8.83. The van der Waals surface area contributed by atoms with E-state index in [2.05, 4.69) is 11.8 Å². The van der Waals surface area contributed by atoms with E-state index >= 15 is 0 Å². The second-order valence-corrected chi connectivity index (χ2v) is 4.45. The summed E-state index contributed by atoms with van der Waals surface area (Å²) in [5.74, 6) is 6.46. The standard InChI is InChI=1S/C16H13NO/c18-16-7-4-10-17-12-14(11-15(16)17)9-8-13-5-2-1-3-6-13/h1-3,5-6,11-12H,4,7,10H2. The van der Waals surface area contributed by atoms with Crippen LogP contribution in [-0.2, 0) is 6.54 Å². The van der Waals surface area contributed by atoms with Crippen molar-refractivity contribution >= 4 is 5.78 Å². The number of Topliss-reactive ketones (excluding diaryl/α,β-unsaturated/α-hetero) is 1. The zero-order valence-corrected chi connectivity index (χ0v) is 10.0. The summed E-state index contributed by atoms with van der Waals surface area (Å²) >= 11 is 0. The summed E-state index contributed by atoms with van der Waals surface area (Å²) in [5.41, 5.74) is 2.72. The lowest BCUT2D eigenvalue weighted by atomic mass is 10.1. The van der Waals surface area contributed by atoms with Crippen molar-refractivity contribution in [3.8, 4) is 11.8 Å². The second-order valence-electron chi connectivity index (χ2n) is 4.45. The number of carbonyl (C=O) groups is 1. The molecule has 1 aliphatic rings. The van der Waals surface area contributed by atoms with Crippen LogP contribution in [0.4, 0.5) is 0 Å². The van der Waals surface area contributed by atoms with Gasteiger partial charge in [-0.25, -0.2) is 0 Å². The van der Waals surface area contributed by atoms with Gasteiger partial charge in [-0.1, -0.05) is 30.0 Å². The summed E-state index contributed by atoms with van der Waals surface area (Å²) in [6, 6.07) is 11.8. The van der Waals surface area contributed by atoms with Crippen molar-refractivity contribution in [3.63, 3.8) is 0 Å². The Labute approximate surface area is 106 Å². The third-order valence-corrected chi connectivity index (χ3v) is 3.11. The van der Waals surface area contributed by atoms with Gasteiger partial charge in [-0.05, 0) is 24.6 Å². The van der Waals surface area contributed by atoms with E-state index in [1.807, 2.05) is 47.2 Å². The van der Waals surface area contributed by atoms with E-state index in [1.165, 1.54) is 0 Å². The van der Waals surface area contributed by atoms with Gasteiger partial charge in [0.1, 0.15) is 0 Å². The van der Waals surface area contributed by atoms with Crippen LogP contribution in [0.15, 0.2) is 42.6 Å². The van der Waals surface area contributed by atoms with Crippen LogP contribution < -0.4 is 0 Å². The van der Waals surface area contributed by atoms with Crippen molar-refractivity contribution < 1.29 is 4.79 Å². The fourth-order valence-electron chi connectivity index (χ4n) is 2.20. The molecule has 0 spiro atoms. The predicted octanol–water partition coefficient (Wildman–Crippen LogP) is 2.86. The number of rotatable bonds is 0. The SMILES string of the molecule is O=C1CCCn2cc(C#Cc3ccccc3)cc21.